The van der Waals surface area contributed by atoms with Gasteiger partial charge in [0.15, 0.2) is 0 Å². The molecule has 0 aliphatic carbocycles. The van der Waals surface area contributed by atoms with Crippen LogP contribution >= 0.6 is 0 Å². The van der Waals surface area contributed by atoms with E-state index in [2.05, 4.69) is 46.4 Å². The molecule has 1 unspecified atom stereocenters. The molecule has 1 aliphatic rings. The molecule has 0 saturated carbocycles. The van der Waals surface area contributed by atoms with Crippen molar-refractivity contribution in [1.29, 1.82) is 0 Å². The molecule has 1 aliphatic heterocycles. The largest absolute Gasteiger partial charge is 0.349 e. The summed E-state index contributed by atoms with van der Waals surface area (Å²) < 4.78 is 0. The van der Waals surface area contributed by atoms with Crippen molar-refractivity contribution >= 4 is 5.91 Å². The van der Waals surface area contributed by atoms with Crippen LogP contribution in [0.15, 0.2) is 54.9 Å². The van der Waals surface area contributed by atoms with Gasteiger partial charge in [-0.05, 0) is 55.6 Å². The summed E-state index contributed by atoms with van der Waals surface area (Å²) in [5.74, 6) is 0.339. The average Bonchev–Trinajstić information content (AvgIpc) is 2.68. The minimum Gasteiger partial charge on any atom is -0.349 e. The van der Waals surface area contributed by atoms with Crippen LogP contribution in [0.2, 0.25) is 0 Å². The molecule has 0 spiro atoms. The van der Waals surface area contributed by atoms with Crippen LogP contribution in [0.25, 0.3) is 0 Å². The van der Waals surface area contributed by atoms with E-state index < -0.39 is 0 Å². The lowest BCUT2D eigenvalue weighted by molar-refractivity contribution is -0.127. The van der Waals surface area contributed by atoms with Crippen molar-refractivity contribution in [3.8, 4) is 0 Å². The summed E-state index contributed by atoms with van der Waals surface area (Å²) in [7, 11) is 0. The molecular weight excluding hydrogens is 310 g/mol. The van der Waals surface area contributed by atoms with Gasteiger partial charge in [-0.3, -0.25) is 14.7 Å². The van der Waals surface area contributed by atoms with Crippen LogP contribution in [0.3, 0.4) is 0 Å². The molecule has 0 bridgehead atoms. The van der Waals surface area contributed by atoms with E-state index in [1.54, 1.807) is 0 Å². The Hall–Kier alpha value is -2.20. The molecule has 4 nitrogen and oxygen atoms in total. The molecular formula is C21H27N3O. The summed E-state index contributed by atoms with van der Waals surface area (Å²) in [4.78, 5) is 19.2. The minimum absolute atomic E-state index is 0.114. The number of nitrogens with one attached hydrogen (secondary N) is 1. The zero-order valence-electron chi connectivity index (χ0n) is 14.9. The molecule has 1 atom stereocenters. The van der Waals surface area contributed by atoms with E-state index >= 15 is 0 Å². The lowest BCUT2D eigenvalue weighted by atomic mass is 9.94. The van der Waals surface area contributed by atoms with Crippen molar-refractivity contribution < 1.29 is 4.79 Å². The maximum Gasteiger partial charge on any atom is 0.223 e. The van der Waals surface area contributed by atoms with E-state index in [1.807, 2.05) is 30.6 Å². The number of aromatic nitrogens is 1. The van der Waals surface area contributed by atoms with Gasteiger partial charge >= 0.3 is 0 Å². The Morgan fingerprint density at radius 3 is 2.48 bits per heavy atom. The van der Waals surface area contributed by atoms with Gasteiger partial charge in [0.25, 0.3) is 0 Å². The normalized spacial score (nSPS) is 17.2. The van der Waals surface area contributed by atoms with E-state index in [4.69, 9.17) is 0 Å². The third-order valence-electron chi connectivity index (χ3n) is 5.04. The molecule has 1 aromatic carbocycles. The van der Waals surface area contributed by atoms with Crippen LogP contribution < -0.4 is 5.32 Å². The summed E-state index contributed by atoms with van der Waals surface area (Å²) >= 11 is 0. The number of carbonyl (C=O) groups excluding carboxylic acids is 1. The smallest absolute Gasteiger partial charge is 0.223 e. The summed E-state index contributed by atoms with van der Waals surface area (Å²) in [6.07, 6.45) is 6.45. The van der Waals surface area contributed by atoms with E-state index in [9.17, 15) is 4.79 Å². The average molecular weight is 337 g/mol. The van der Waals surface area contributed by atoms with Gasteiger partial charge in [-0.1, -0.05) is 37.3 Å². The van der Waals surface area contributed by atoms with Gasteiger partial charge in [-0.2, -0.15) is 0 Å². The van der Waals surface area contributed by atoms with Gasteiger partial charge in [-0.15, -0.1) is 0 Å². The molecule has 2 aromatic rings. The van der Waals surface area contributed by atoms with Crippen LogP contribution in [-0.4, -0.2) is 28.9 Å². The highest BCUT2D eigenvalue weighted by atomic mass is 16.1. The van der Waals surface area contributed by atoms with E-state index in [0.29, 0.717) is 0 Å². The highest BCUT2D eigenvalue weighted by Gasteiger charge is 2.26. The monoisotopic (exact) mass is 337 g/mol. The Balaban J connectivity index is 1.49. The maximum atomic E-state index is 12.7. The molecule has 25 heavy (non-hydrogen) atoms. The maximum absolute atomic E-state index is 12.7. The first-order valence-electron chi connectivity index (χ1n) is 9.23. The Labute approximate surface area is 150 Å². The standard InChI is InChI=1S/C21H27N3O/c1-2-20(18-6-4-3-5-7-18)23-21(25)19-10-14-24(15-11-19)16-17-8-12-22-13-9-17/h3-9,12-13,19-20H,2,10-11,14-16H2,1H3,(H,23,25). The van der Waals surface area contributed by atoms with Crippen LogP contribution in [0.1, 0.15) is 43.4 Å². The zero-order chi connectivity index (χ0) is 17.5. The summed E-state index contributed by atoms with van der Waals surface area (Å²) in [5, 5.41) is 3.25. The van der Waals surface area contributed by atoms with Crippen molar-refractivity contribution in [2.45, 2.75) is 38.8 Å². The first kappa shape index (κ1) is 17.6. The van der Waals surface area contributed by atoms with Gasteiger partial charge in [0.2, 0.25) is 5.91 Å². The molecule has 3 rings (SSSR count). The Morgan fingerprint density at radius 1 is 1.16 bits per heavy atom. The first-order valence-corrected chi connectivity index (χ1v) is 9.23. The van der Waals surface area contributed by atoms with Gasteiger partial charge in [0.1, 0.15) is 0 Å². The van der Waals surface area contributed by atoms with Crippen molar-refractivity contribution in [3.63, 3.8) is 0 Å². The topological polar surface area (TPSA) is 45.2 Å². The van der Waals surface area contributed by atoms with Crippen molar-refractivity contribution in [1.82, 2.24) is 15.2 Å². The first-order chi connectivity index (χ1) is 12.3. The second-order valence-corrected chi connectivity index (χ2v) is 6.79. The van der Waals surface area contributed by atoms with Gasteiger partial charge in [0.05, 0.1) is 6.04 Å². The second-order valence-electron chi connectivity index (χ2n) is 6.79. The van der Waals surface area contributed by atoms with Crippen LogP contribution in [0.5, 0.6) is 0 Å². The molecule has 0 radical (unpaired) electrons. The molecule has 1 N–H and O–H groups in total. The van der Waals surface area contributed by atoms with Crippen molar-refractivity contribution in [2.24, 2.45) is 5.92 Å². The van der Waals surface area contributed by atoms with Crippen LogP contribution in [0, 0.1) is 5.92 Å². The Morgan fingerprint density at radius 2 is 1.84 bits per heavy atom. The molecule has 2 heterocycles. The van der Waals surface area contributed by atoms with Crippen molar-refractivity contribution in [2.75, 3.05) is 13.1 Å². The number of pyridine rings is 1. The van der Waals surface area contributed by atoms with Gasteiger partial charge < -0.3 is 5.32 Å². The lowest BCUT2D eigenvalue weighted by Crippen LogP contribution is -2.41. The number of carbonyl (C=O) groups is 1. The summed E-state index contributed by atoms with van der Waals surface area (Å²) in [6.45, 7) is 5.01. The number of hydrogen-bond acceptors (Lipinski definition) is 3. The van der Waals surface area contributed by atoms with Gasteiger partial charge in [0, 0.05) is 24.9 Å². The predicted octanol–water partition coefficient (Wildman–Crippen LogP) is 3.56. The van der Waals surface area contributed by atoms with E-state index in [1.165, 1.54) is 11.1 Å². The second kappa shape index (κ2) is 8.77. The SMILES string of the molecule is CCC(NC(=O)C1CCN(Cc2ccncc2)CC1)c1ccccc1. The van der Waals surface area contributed by atoms with Crippen LogP contribution in [-0.2, 0) is 11.3 Å². The third-order valence-corrected chi connectivity index (χ3v) is 5.04. The Bertz CT molecular complexity index is 651. The third kappa shape index (κ3) is 4.89. The molecule has 1 amide bonds. The molecule has 132 valence electrons. The van der Waals surface area contributed by atoms with E-state index in [-0.39, 0.29) is 17.9 Å². The number of hydrogen-bond donors (Lipinski definition) is 1. The summed E-state index contributed by atoms with van der Waals surface area (Å²) in [5.41, 5.74) is 2.47. The zero-order valence-corrected chi connectivity index (χ0v) is 14.9. The number of rotatable bonds is 6. The number of likely N-dealkylation sites (tertiary alicyclic amines) is 1. The fourth-order valence-electron chi connectivity index (χ4n) is 3.50. The minimum atomic E-state index is 0.114. The fourth-order valence-corrected chi connectivity index (χ4v) is 3.50. The summed E-state index contributed by atoms with van der Waals surface area (Å²) in [6, 6.07) is 14.5. The highest BCUT2D eigenvalue weighted by Crippen LogP contribution is 2.22. The van der Waals surface area contributed by atoms with Crippen molar-refractivity contribution in [3.05, 3.63) is 66.0 Å². The molecule has 1 saturated heterocycles. The fraction of sp³-hybridized carbons (Fsp3) is 0.429. The van der Waals surface area contributed by atoms with Gasteiger partial charge in [-0.25, -0.2) is 0 Å². The van der Waals surface area contributed by atoms with Crippen LogP contribution in [0.4, 0.5) is 0 Å². The highest BCUT2D eigenvalue weighted by molar-refractivity contribution is 5.79. The predicted molar refractivity (Wildman–Crippen MR) is 99.9 cm³/mol. The Kier molecular flexibility index (Phi) is 6.18. The lowest BCUT2D eigenvalue weighted by Gasteiger charge is -2.32. The quantitative estimate of drug-likeness (QED) is 0.876. The number of piperidine rings is 1. The number of amides is 1. The van der Waals surface area contributed by atoms with E-state index in [0.717, 1.165) is 38.9 Å². The molecule has 1 fully saturated rings. The number of nitrogens with zero attached hydrogens (tertiary/aromatic N) is 2. The molecule has 1 aromatic heterocycles. The number of benzene rings is 1. The molecule has 4 heteroatoms.